The summed E-state index contributed by atoms with van der Waals surface area (Å²) in [5, 5.41) is 2.17. The molecule has 1 aromatic heterocycles. The lowest BCUT2D eigenvalue weighted by atomic mass is 10.0. The van der Waals surface area contributed by atoms with Gasteiger partial charge in [0.25, 0.3) is 0 Å². The predicted molar refractivity (Wildman–Crippen MR) is 83.6 cm³/mol. The number of hydrogen-bond donors (Lipinski definition) is 1. The average molecular weight is 298 g/mol. The minimum Gasteiger partial charge on any atom is -0.377 e. The first kappa shape index (κ1) is 14.4. The van der Waals surface area contributed by atoms with Crippen LogP contribution in [0.2, 0.25) is 10.0 Å². The molecular formula is C14H17Cl2N3. The molecule has 0 bridgehead atoms. The van der Waals surface area contributed by atoms with Gasteiger partial charge >= 0.3 is 0 Å². The van der Waals surface area contributed by atoms with Crippen molar-refractivity contribution in [3.63, 3.8) is 0 Å². The number of nitrogens with zero attached hydrogens (tertiary/aromatic N) is 2. The van der Waals surface area contributed by atoms with Gasteiger partial charge in [0, 0.05) is 25.2 Å². The predicted octanol–water partition coefficient (Wildman–Crippen LogP) is 3.42. The third kappa shape index (κ3) is 2.50. The molecule has 0 unspecified atom stereocenters. The molecule has 102 valence electrons. The van der Waals surface area contributed by atoms with Crippen LogP contribution in [0.4, 0.5) is 5.69 Å². The van der Waals surface area contributed by atoms with Gasteiger partial charge in [-0.25, -0.2) is 0 Å². The summed E-state index contributed by atoms with van der Waals surface area (Å²) in [5.74, 6) is 0. The van der Waals surface area contributed by atoms with Gasteiger partial charge in [-0.05, 0) is 37.6 Å². The van der Waals surface area contributed by atoms with Crippen molar-refractivity contribution in [2.24, 2.45) is 5.73 Å². The molecule has 2 aromatic rings. The van der Waals surface area contributed by atoms with E-state index in [1.54, 1.807) is 6.07 Å². The monoisotopic (exact) mass is 297 g/mol. The second-order valence-electron chi connectivity index (χ2n) is 4.71. The van der Waals surface area contributed by atoms with Gasteiger partial charge in [0.05, 0.1) is 21.2 Å². The summed E-state index contributed by atoms with van der Waals surface area (Å²) < 4.78 is 0. The quantitative estimate of drug-likeness (QED) is 0.944. The molecule has 1 heterocycles. The lowest BCUT2D eigenvalue weighted by Crippen LogP contribution is -2.16. The Balaban J connectivity index is 2.94. The molecule has 0 spiro atoms. The zero-order valence-corrected chi connectivity index (χ0v) is 12.8. The molecule has 0 atom stereocenters. The standard InChI is InChI=1S/C14H17Cl2N3/c1-8-9(6-7-17)14(19(2)3)12-10(15)4-5-11(16)13(12)18-8/h4-5H,6-7,17H2,1-3H3. The fraction of sp³-hybridized carbons (Fsp3) is 0.357. The van der Waals surface area contributed by atoms with Gasteiger partial charge in [-0.2, -0.15) is 0 Å². The molecule has 0 amide bonds. The smallest absolute Gasteiger partial charge is 0.0927 e. The number of nitrogens with two attached hydrogens (primary N) is 1. The van der Waals surface area contributed by atoms with E-state index in [0.717, 1.165) is 34.3 Å². The van der Waals surface area contributed by atoms with Crippen molar-refractivity contribution in [1.82, 2.24) is 4.98 Å². The number of halogens is 2. The molecule has 2 rings (SSSR count). The molecule has 1 aromatic carbocycles. The van der Waals surface area contributed by atoms with E-state index in [2.05, 4.69) is 4.98 Å². The maximum absolute atomic E-state index is 6.35. The molecule has 0 aliphatic carbocycles. The summed E-state index contributed by atoms with van der Waals surface area (Å²) in [6, 6.07) is 3.59. The number of rotatable bonds is 3. The van der Waals surface area contributed by atoms with Gasteiger partial charge < -0.3 is 10.6 Å². The Morgan fingerprint density at radius 2 is 1.84 bits per heavy atom. The first-order valence-corrected chi connectivity index (χ1v) is 6.87. The Kier molecular flexibility index (Phi) is 4.19. The van der Waals surface area contributed by atoms with E-state index in [1.165, 1.54) is 0 Å². The summed E-state index contributed by atoms with van der Waals surface area (Å²) in [4.78, 5) is 6.64. The number of hydrogen-bond acceptors (Lipinski definition) is 3. The van der Waals surface area contributed by atoms with Crippen LogP contribution in [-0.2, 0) is 6.42 Å². The van der Waals surface area contributed by atoms with Crippen molar-refractivity contribution in [3.8, 4) is 0 Å². The summed E-state index contributed by atoms with van der Waals surface area (Å²) in [6.07, 6.45) is 0.769. The fourth-order valence-electron chi connectivity index (χ4n) is 2.37. The largest absolute Gasteiger partial charge is 0.377 e. The molecular weight excluding hydrogens is 281 g/mol. The highest BCUT2D eigenvalue weighted by Gasteiger charge is 2.17. The van der Waals surface area contributed by atoms with Gasteiger partial charge in [0.1, 0.15) is 0 Å². The summed E-state index contributed by atoms with van der Waals surface area (Å²) in [5.41, 5.74) is 9.59. The van der Waals surface area contributed by atoms with Crippen molar-refractivity contribution < 1.29 is 0 Å². The lowest BCUT2D eigenvalue weighted by molar-refractivity contribution is 0.933. The first-order chi connectivity index (χ1) is 8.97. The average Bonchev–Trinajstić information content (AvgIpc) is 2.35. The zero-order valence-electron chi connectivity index (χ0n) is 11.3. The van der Waals surface area contributed by atoms with E-state index in [4.69, 9.17) is 28.9 Å². The van der Waals surface area contributed by atoms with Crippen molar-refractivity contribution in [2.45, 2.75) is 13.3 Å². The maximum Gasteiger partial charge on any atom is 0.0927 e. The minimum atomic E-state index is 0.576. The normalized spacial score (nSPS) is 11.1. The molecule has 2 N–H and O–H groups in total. The lowest BCUT2D eigenvalue weighted by Gasteiger charge is -2.22. The highest BCUT2D eigenvalue weighted by molar-refractivity contribution is 6.41. The first-order valence-electron chi connectivity index (χ1n) is 6.12. The molecule has 0 radical (unpaired) electrons. The van der Waals surface area contributed by atoms with Gasteiger partial charge in [0.15, 0.2) is 0 Å². The van der Waals surface area contributed by atoms with Gasteiger partial charge in [-0.15, -0.1) is 0 Å². The number of aryl methyl sites for hydroxylation is 1. The summed E-state index contributed by atoms with van der Waals surface area (Å²) in [7, 11) is 3.98. The second kappa shape index (κ2) is 5.53. The third-order valence-electron chi connectivity index (χ3n) is 3.16. The summed E-state index contributed by atoms with van der Waals surface area (Å²) in [6.45, 7) is 2.56. The van der Waals surface area contributed by atoms with E-state index in [9.17, 15) is 0 Å². The zero-order chi connectivity index (χ0) is 14.2. The molecule has 0 aliphatic rings. The van der Waals surface area contributed by atoms with Crippen LogP contribution >= 0.6 is 23.2 Å². The summed E-state index contributed by atoms with van der Waals surface area (Å²) >= 11 is 12.6. The van der Waals surface area contributed by atoms with Crippen LogP contribution in [0.15, 0.2) is 12.1 Å². The Morgan fingerprint density at radius 3 is 2.42 bits per heavy atom. The van der Waals surface area contributed by atoms with Crippen molar-refractivity contribution in [2.75, 3.05) is 25.5 Å². The Labute approximate surface area is 123 Å². The van der Waals surface area contributed by atoms with E-state index in [-0.39, 0.29) is 0 Å². The van der Waals surface area contributed by atoms with Crippen molar-refractivity contribution in [3.05, 3.63) is 33.4 Å². The number of fused-ring (bicyclic) bond motifs is 1. The molecule has 3 nitrogen and oxygen atoms in total. The van der Waals surface area contributed by atoms with Gasteiger partial charge in [-0.3, -0.25) is 4.98 Å². The van der Waals surface area contributed by atoms with E-state index in [0.29, 0.717) is 16.6 Å². The minimum absolute atomic E-state index is 0.576. The van der Waals surface area contributed by atoms with E-state index >= 15 is 0 Å². The number of benzene rings is 1. The fourth-order valence-corrected chi connectivity index (χ4v) is 2.81. The molecule has 5 heteroatoms. The Morgan fingerprint density at radius 1 is 1.21 bits per heavy atom. The molecule has 0 fully saturated rings. The number of anilines is 1. The van der Waals surface area contributed by atoms with Gasteiger partial charge in [-0.1, -0.05) is 23.2 Å². The third-order valence-corrected chi connectivity index (χ3v) is 3.78. The van der Waals surface area contributed by atoms with Crippen molar-refractivity contribution >= 4 is 39.8 Å². The van der Waals surface area contributed by atoms with E-state index in [1.807, 2.05) is 32.0 Å². The molecule has 0 saturated heterocycles. The van der Waals surface area contributed by atoms with Crippen molar-refractivity contribution in [1.29, 1.82) is 0 Å². The van der Waals surface area contributed by atoms with Crippen LogP contribution < -0.4 is 10.6 Å². The van der Waals surface area contributed by atoms with Crippen LogP contribution in [0, 0.1) is 6.92 Å². The number of aromatic nitrogens is 1. The molecule has 0 aliphatic heterocycles. The highest BCUT2D eigenvalue weighted by atomic mass is 35.5. The van der Waals surface area contributed by atoms with Crippen LogP contribution in [0.5, 0.6) is 0 Å². The van der Waals surface area contributed by atoms with Crippen LogP contribution in [-0.4, -0.2) is 25.6 Å². The molecule has 19 heavy (non-hydrogen) atoms. The second-order valence-corrected chi connectivity index (χ2v) is 5.52. The van der Waals surface area contributed by atoms with Crippen LogP contribution in [0.3, 0.4) is 0 Å². The van der Waals surface area contributed by atoms with Crippen LogP contribution in [0.25, 0.3) is 10.9 Å². The topological polar surface area (TPSA) is 42.2 Å². The maximum atomic E-state index is 6.35. The molecule has 0 saturated carbocycles. The van der Waals surface area contributed by atoms with Crippen LogP contribution in [0.1, 0.15) is 11.3 Å². The van der Waals surface area contributed by atoms with Gasteiger partial charge in [0.2, 0.25) is 0 Å². The highest BCUT2D eigenvalue weighted by Crippen LogP contribution is 2.38. The SMILES string of the molecule is Cc1nc2c(Cl)ccc(Cl)c2c(N(C)C)c1CCN. The van der Waals surface area contributed by atoms with E-state index < -0.39 is 0 Å². The Hall–Kier alpha value is -1.03. The Bertz CT molecular complexity index is 624. The number of pyridine rings is 1.